The second kappa shape index (κ2) is 8.86. The molecule has 0 unspecified atom stereocenters. The zero-order chi connectivity index (χ0) is 21.2. The molecule has 1 aliphatic carbocycles. The van der Waals surface area contributed by atoms with E-state index in [4.69, 9.17) is 4.74 Å². The van der Waals surface area contributed by atoms with Gasteiger partial charge < -0.3 is 25.6 Å². The summed E-state index contributed by atoms with van der Waals surface area (Å²) < 4.78 is 6.02. The van der Waals surface area contributed by atoms with E-state index in [1.165, 1.54) is 5.69 Å². The van der Waals surface area contributed by atoms with Crippen molar-refractivity contribution < 1.29 is 9.53 Å². The van der Waals surface area contributed by atoms with Crippen LogP contribution in [0.4, 0.5) is 16.2 Å². The van der Waals surface area contributed by atoms with Gasteiger partial charge >= 0.3 is 6.03 Å². The zero-order valence-corrected chi connectivity index (χ0v) is 18.1. The lowest BCUT2D eigenvalue weighted by molar-refractivity contribution is 0.0305. The molecule has 8 heteroatoms. The number of amides is 2. The molecule has 8 nitrogen and oxygen atoms in total. The SMILES string of the molecule is CCNC(=O)N[C@H]1CC[C@@H](Nc2cc(N3C[C@H]4CC[C@@H](C3)O4)cc3nccnc23)CC1. The fraction of sp³-hybridized carbons (Fsp3) is 0.609. The molecule has 0 radical (unpaired) electrons. The third-order valence-electron chi connectivity index (χ3n) is 6.73. The molecular weight excluding hydrogens is 392 g/mol. The van der Waals surface area contributed by atoms with Gasteiger partial charge in [0.1, 0.15) is 5.52 Å². The maximum Gasteiger partial charge on any atom is 0.314 e. The number of nitrogens with zero attached hydrogens (tertiary/aromatic N) is 3. The van der Waals surface area contributed by atoms with Crippen LogP contribution in [0.15, 0.2) is 24.5 Å². The molecule has 31 heavy (non-hydrogen) atoms. The monoisotopic (exact) mass is 424 g/mol. The quantitative estimate of drug-likeness (QED) is 0.683. The van der Waals surface area contributed by atoms with Crippen LogP contribution < -0.4 is 20.9 Å². The summed E-state index contributed by atoms with van der Waals surface area (Å²) in [5, 5.41) is 9.65. The summed E-state index contributed by atoms with van der Waals surface area (Å²) in [6.07, 6.45) is 10.5. The molecule has 5 rings (SSSR count). The predicted octanol–water partition coefficient (Wildman–Crippen LogP) is 3.04. The smallest absolute Gasteiger partial charge is 0.314 e. The maximum absolute atomic E-state index is 11.8. The molecular formula is C23H32N6O2. The van der Waals surface area contributed by atoms with Crippen LogP contribution in [0.1, 0.15) is 45.4 Å². The van der Waals surface area contributed by atoms with E-state index >= 15 is 0 Å². The molecule has 2 aromatic rings. The van der Waals surface area contributed by atoms with Crippen molar-refractivity contribution in [1.29, 1.82) is 0 Å². The molecule has 1 aromatic heterocycles. The fourth-order valence-corrected chi connectivity index (χ4v) is 5.18. The van der Waals surface area contributed by atoms with Crippen molar-refractivity contribution in [3.63, 3.8) is 0 Å². The van der Waals surface area contributed by atoms with E-state index < -0.39 is 0 Å². The number of nitrogens with one attached hydrogen (secondary N) is 3. The number of hydrogen-bond donors (Lipinski definition) is 3. The minimum absolute atomic E-state index is 0.0626. The average Bonchev–Trinajstić information content (AvgIpc) is 3.12. The lowest BCUT2D eigenvalue weighted by atomic mass is 9.91. The molecule has 1 saturated carbocycles. The normalized spacial score (nSPS) is 27.8. The largest absolute Gasteiger partial charge is 0.380 e. The summed E-state index contributed by atoms with van der Waals surface area (Å²) in [5.41, 5.74) is 4.10. The molecule has 2 amide bonds. The van der Waals surface area contributed by atoms with E-state index in [0.717, 1.165) is 68.3 Å². The van der Waals surface area contributed by atoms with E-state index in [2.05, 4.69) is 43.0 Å². The van der Waals surface area contributed by atoms with Crippen LogP contribution in [0.3, 0.4) is 0 Å². The lowest BCUT2D eigenvalue weighted by Gasteiger charge is -2.34. The molecule has 166 valence electrons. The number of ether oxygens (including phenoxy) is 1. The summed E-state index contributed by atoms with van der Waals surface area (Å²) in [6, 6.07) is 4.95. The number of morpholine rings is 1. The van der Waals surface area contributed by atoms with Crippen LogP contribution in [-0.2, 0) is 4.74 Å². The standard InChI is InChI=1S/C23H32N6O2/c1-2-24-23(30)28-16-5-3-15(4-6-16)27-21-12-17(11-20-22(21)26-10-9-25-20)29-13-18-7-8-19(14-29)31-18/h9-12,15-16,18-19,27H,2-8,13-14H2,1H3,(H2,24,28,30)/t15-,16+,18-,19+. The Morgan fingerprint density at radius 1 is 1.03 bits per heavy atom. The van der Waals surface area contributed by atoms with E-state index in [1.807, 2.05) is 6.92 Å². The Morgan fingerprint density at radius 2 is 1.74 bits per heavy atom. The molecule has 3 fully saturated rings. The van der Waals surface area contributed by atoms with E-state index in [1.54, 1.807) is 12.4 Å². The molecule has 2 saturated heterocycles. The minimum atomic E-state index is -0.0626. The molecule has 2 bridgehead atoms. The van der Waals surface area contributed by atoms with Gasteiger partial charge in [0.05, 0.1) is 23.4 Å². The summed E-state index contributed by atoms with van der Waals surface area (Å²) in [6.45, 7) is 4.47. The first kappa shape index (κ1) is 20.3. The molecule has 1 aromatic carbocycles. The molecule has 2 aliphatic heterocycles. The van der Waals surface area contributed by atoms with Crippen LogP contribution in [0.2, 0.25) is 0 Å². The van der Waals surface area contributed by atoms with E-state index in [9.17, 15) is 4.79 Å². The average molecular weight is 425 g/mol. The number of hydrogen-bond acceptors (Lipinski definition) is 6. The number of rotatable bonds is 5. The van der Waals surface area contributed by atoms with Gasteiger partial charge in [-0.3, -0.25) is 9.97 Å². The van der Waals surface area contributed by atoms with Gasteiger partial charge in [-0.25, -0.2) is 4.79 Å². The van der Waals surface area contributed by atoms with Gasteiger partial charge in [-0.1, -0.05) is 0 Å². The van der Waals surface area contributed by atoms with E-state index in [-0.39, 0.29) is 12.1 Å². The van der Waals surface area contributed by atoms with Crippen molar-refractivity contribution in [2.24, 2.45) is 0 Å². The number of carbonyl (C=O) groups is 1. The molecule has 3 aliphatic rings. The Balaban J connectivity index is 1.30. The summed E-state index contributed by atoms with van der Waals surface area (Å²) >= 11 is 0. The second-order valence-corrected chi connectivity index (χ2v) is 8.98. The highest BCUT2D eigenvalue weighted by atomic mass is 16.5. The highest BCUT2D eigenvalue weighted by molar-refractivity contribution is 5.91. The fourth-order valence-electron chi connectivity index (χ4n) is 5.18. The van der Waals surface area contributed by atoms with Crippen molar-refractivity contribution >= 4 is 28.4 Å². The molecule has 0 spiro atoms. The van der Waals surface area contributed by atoms with Gasteiger partial charge in [0.25, 0.3) is 0 Å². The third-order valence-corrected chi connectivity index (χ3v) is 6.73. The van der Waals surface area contributed by atoms with Crippen LogP contribution >= 0.6 is 0 Å². The Bertz CT molecular complexity index is 917. The zero-order valence-electron chi connectivity index (χ0n) is 18.1. The molecule has 3 N–H and O–H groups in total. The number of fused-ring (bicyclic) bond motifs is 3. The van der Waals surface area contributed by atoms with Gasteiger partial charge in [-0.2, -0.15) is 0 Å². The van der Waals surface area contributed by atoms with Crippen LogP contribution in [0.25, 0.3) is 11.0 Å². The van der Waals surface area contributed by atoms with Crippen LogP contribution in [0, 0.1) is 0 Å². The summed E-state index contributed by atoms with van der Waals surface area (Å²) in [7, 11) is 0. The van der Waals surface area contributed by atoms with E-state index in [0.29, 0.717) is 24.8 Å². The van der Waals surface area contributed by atoms with Crippen molar-refractivity contribution in [1.82, 2.24) is 20.6 Å². The number of anilines is 2. The Morgan fingerprint density at radius 3 is 2.48 bits per heavy atom. The van der Waals surface area contributed by atoms with Gasteiger partial charge in [0.15, 0.2) is 0 Å². The first-order valence-electron chi connectivity index (χ1n) is 11.6. The van der Waals surface area contributed by atoms with Crippen molar-refractivity contribution in [3.8, 4) is 0 Å². The Kier molecular flexibility index (Phi) is 5.80. The highest BCUT2D eigenvalue weighted by Gasteiger charge is 2.34. The number of benzene rings is 1. The van der Waals surface area contributed by atoms with Gasteiger partial charge in [-0.15, -0.1) is 0 Å². The molecule has 2 atom stereocenters. The first-order valence-corrected chi connectivity index (χ1v) is 11.6. The Labute approximate surface area is 183 Å². The van der Waals surface area contributed by atoms with Crippen molar-refractivity contribution in [2.45, 2.75) is 69.7 Å². The number of aromatic nitrogens is 2. The van der Waals surface area contributed by atoms with Crippen molar-refractivity contribution in [3.05, 3.63) is 24.5 Å². The minimum Gasteiger partial charge on any atom is -0.380 e. The third kappa shape index (κ3) is 4.54. The van der Waals surface area contributed by atoms with Gasteiger partial charge in [-0.05, 0) is 57.6 Å². The first-order chi connectivity index (χ1) is 15.2. The van der Waals surface area contributed by atoms with Crippen molar-refractivity contribution in [2.75, 3.05) is 29.9 Å². The summed E-state index contributed by atoms with van der Waals surface area (Å²) in [5.74, 6) is 0. The van der Waals surface area contributed by atoms with Gasteiger partial charge in [0.2, 0.25) is 0 Å². The van der Waals surface area contributed by atoms with Crippen LogP contribution in [-0.4, -0.2) is 59.9 Å². The summed E-state index contributed by atoms with van der Waals surface area (Å²) in [4.78, 5) is 23.5. The Hall–Kier alpha value is -2.61. The number of carbonyl (C=O) groups excluding carboxylic acids is 1. The number of urea groups is 1. The maximum atomic E-state index is 11.8. The predicted molar refractivity (Wildman–Crippen MR) is 122 cm³/mol. The van der Waals surface area contributed by atoms with Crippen LogP contribution in [0.5, 0.6) is 0 Å². The molecule has 3 heterocycles. The van der Waals surface area contributed by atoms with Gasteiger partial charge in [0, 0.05) is 49.8 Å². The lowest BCUT2D eigenvalue weighted by Crippen LogP contribution is -2.44. The topological polar surface area (TPSA) is 91.4 Å². The highest BCUT2D eigenvalue weighted by Crippen LogP contribution is 2.34. The second-order valence-electron chi connectivity index (χ2n) is 8.98.